The standard InChI is InChI=1S/C24H33NO3/c1-6-18-8-12-21(13-9-18)28-23(7-2)24(26)25-22(16-17(3)4)19-10-14-20(27-5)15-11-19/h8-15,17,22-23H,6-7,16H2,1-5H3,(H,25,26)/t22-,23+/m1/s1. The highest BCUT2D eigenvalue weighted by Crippen LogP contribution is 2.24. The Hall–Kier alpha value is -2.49. The first-order chi connectivity index (χ1) is 13.5. The third kappa shape index (κ3) is 6.29. The van der Waals surface area contributed by atoms with Crippen LogP contribution in [0, 0.1) is 5.92 Å². The maximum absolute atomic E-state index is 12.9. The molecule has 0 fully saturated rings. The third-order valence-electron chi connectivity index (χ3n) is 4.81. The van der Waals surface area contributed by atoms with Crippen LogP contribution in [0.15, 0.2) is 48.5 Å². The fraction of sp³-hybridized carbons (Fsp3) is 0.458. The Bertz CT molecular complexity index is 723. The molecule has 2 atom stereocenters. The van der Waals surface area contributed by atoms with Crippen LogP contribution >= 0.6 is 0 Å². The minimum atomic E-state index is -0.514. The molecular weight excluding hydrogens is 350 g/mol. The second kappa shape index (κ2) is 10.7. The molecular formula is C24H33NO3. The van der Waals surface area contributed by atoms with E-state index in [0.717, 1.165) is 29.9 Å². The number of carbonyl (C=O) groups is 1. The number of nitrogens with one attached hydrogen (secondary N) is 1. The first-order valence-electron chi connectivity index (χ1n) is 10.2. The predicted molar refractivity (Wildman–Crippen MR) is 114 cm³/mol. The Morgan fingerprint density at radius 2 is 1.57 bits per heavy atom. The van der Waals surface area contributed by atoms with E-state index in [1.165, 1.54) is 5.56 Å². The number of benzene rings is 2. The Labute approximate surface area is 169 Å². The number of methoxy groups -OCH3 is 1. The monoisotopic (exact) mass is 383 g/mol. The van der Waals surface area contributed by atoms with E-state index in [0.29, 0.717) is 12.3 Å². The smallest absolute Gasteiger partial charge is 0.261 e. The topological polar surface area (TPSA) is 47.6 Å². The summed E-state index contributed by atoms with van der Waals surface area (Å²) in [7, 11) is 1.65. The molecule has 0 unspecified atom stereocenters. The molecule has 2 aromatic rings. The van der Waals surface area contributed by atoms with Crippen molar-refractivity contribution in [3.63, 3.8) is 0 Å². The summed E-state index contributed by atoms with van der Waals surface area (Å²) in [5.41, 5.74) is 2.33. The Balaban J connectivity index is 2.10. The molecule has 0 aromatic heterocycles. The van der Waals surface area contributed by atoms with Crippen molar-refractivity contribution in [3.05, 3.63) is 59.7 Å². The summed E-state index contributed by atoms with van der Waals surface area (Å²) in [5, 5.41) is 3.19. The quantitative estimate of drug-likeness (QED) is 0.604. The van der Waals surface area contributed by atoms with Gasteiger partial charge in [0.05, 0.1) is 13.2 Å². The Kier molecular flexibility index (Phi) is 8.37. The van der Waals surface area contributed by atoms with Gasteiger partial charge >= 0.3 is 0 Å². The van der Waals surface area contributed by atoms with Crippen molar-refractivity contribution >= 4 is 5.91 Å². The van der Waals surface area contributed by atoms with Gasteiger partial charge in [0.15, 0.2) is 6.10 Å². The third-order valence-corrected chi connectivity index (χ3v) is 4.81. The molecule has 0 aliphatic carbocycles. The zero-order valence-electron chi connectivity index (χ0n) is 17.7. The van der Waals surface area contributed by atoms with Gasteiger partial charge in [0.25, 0.3) is 5.91 Å². The van der Waals surface area contributed by atoms with E-state index in [4.69, 9.17) is 9.47 Å². The molecule has 2 rings (SSSR count). The Morgan fingerprint density at radius 3 is 2.07 bits per heavy atom. The van der Waals surface area contributed by atoms with Crippen LogP contribution in [0.5, 0.6) is 11.5 Å². The molecule has 0 bridgehead atoms. The fourth-order valence-corrected chi connectivity index (χ4v) is 3.14. The molecule has 4 nitrogen and oxygen atoms in total. The molecule has 0 saturated heterocycles. The lowest BCUT2D eigenvalue weighted by molar-refractivity contribution is -0.129. The van der Waals surface area contributed by atoms with E-state index < -0.39 is 6.10 Å². The van der Waals surface area contributed by atoms with Gasteiger partial charge in [-0.3, -0.25) is 4.79 Å². The van der Waals surface area contributed by atoms with Crippen LogP contribution in [0.2, 0.25) is 0 Å². The van der Waals surface area contributed by atoms with Gasteiger partial charge < -0.3 is 14.8 Å². The molecule has 0 aliphatic heterocycles. The molecule has 2 aromatic carbocycles. The normalized spacial score (nSPS) is 13.1. The minimum Gasteiger partial charge on any atom is -0.497 e. The van der Waals surface area contributed by atoms with Crippen molar-refractivity contribution in [2.24, 2.45) is 5.92 Å². The van der Waals surface area contributed by atoms with Gasteiger partial charge in [-0.15, -0.1) is 0 Å². The maximum atomic E-state index is 12.9. The van der Waals surface area contributed by atoms with E-state index in [9.17, 15) is 4.79 Å². The van der Waals surface area contributed by atoms with Crippen molar-refractivity contribution in [2.45, 2.75) is 59.1 Å². The number of aryl methyl sites for hydroxylation is 1. The lowest BCUT2D eigenvalue weighted by atomic mass is 9.96. The summed E-state index contributed by atoms with van der Waals surface area (Å²) >= 11 is 0. The van der Waals surface area contributed by atoms with Crippen LogP contribution in [0.1, 0.15) is 57.7 Å². The lowest BCUT2D eigenvalue weighted by Gasteiger charge is -2.25. The molecule has 152 valence electrons. The number of hydrogen-bond acceptors (Lipinski definition) is 3. The van der Waals surface area contributed by atoms with Gasteiger partial charge in [-0.2, -0.15) is 0 Å². The number of hydrogen-bond donors (Lipinski definition) is 1. The zero-order chi connectivity index (χ0) is 20.5. The SMILES string of the molecule is CCc1ccc(O[C@@H](CC)C(=O)N[C@H](CC(C)C)c2ccc(OC)cc2)cc1. The second-order valence-corrected chi connectivity index (χ2v) is 7.48. The molecule has 0 heterocycles. The molecule has 4 heteroatoms. The summed E-state index contributed by atoms with van der Waals surface area (Å²) in [5.74, 6) is 1.91. The zero-order valence-corrected chi connectivity index (χ0v) is 17.7. The molecule has 0 spiro atoms. The van der Waals surface area contributed by atoms with Gasteiger partial charge in [-0.05, 0) is 60.6 Å². The van der Waals surface area contributed by atoms with Crippen LogP contribution in [0.3, 0.4) is 0 Å². The summed E-state index contributed by atoms with van der Waals surface area (Å²) in [4.78, 5) is 12.9. The number of rotatable bonds is 10. The number of carbonyl (C=O) groups excluding carboxylic acids is 1. The maximum Gasteiger partial charge on any atom is 0.261 e. The van der Waals surface area contributed by atoms with Crippen molar-refractivity contribution < 1.29 is 14.3 Å². The van der Waals surface area contributed by atoms with Crippen LogP contribution in [-0.2, 0) is 11.2 Å². The summed E-state index contributed by atoms with van der Waals surface area (Å²) < 4.78 is 11.2. The van der Waals surface area contributed by atoms with E-state index in [-0.39, 0.29) is 11.9 Å². The lowest BCUT2D eigenvalue weighted by Crippen LogP contribution is -2.40. The highest BCUT2D eigenvalue weighted by Gasteiger charge is 2.23. The van der Waals surface area contributed by atoms with Crippen molar-refractivity contribution in [1.82, 2.24) is 5.32 Å². The Morgan fingerprint density at radius 1 is 0.964 bits per heavy atom. The molecule has 0 radical (unpaired) electrons. The van der Waals surface area contributed by atoms with E-state index in [2.05, 4.69) is 26.1 Å². The highest BCUT2D eigenvalue weighted by atomic mass is 16.5. The van der Waals surface area contributed by atoms with Gasteiger partial charge in [0.1, 0.15) is 11.5 Å². The average Bonchev–Trinajstić information content (AvgIpc) is 2.71. The molecule has 1 amide bonds. The number of amides is 1. The average molecular weight is 384 g/mol. The molecule has 28 heavy (non-hydrogen) atoms. The summed E-state index contributed by atoms with van der Waals surface area (Å²) in [6, 6.07) is 15.8. The summed E-state index contributed by atoms with van der Waals surface area (Å²) in [6.07, 6.45) is 1.94. The van der Waals surface area contributed by atoms with Crippen LogP contribution in [-0.4, -0.2) is 19.1 Å². The van der Waals surface area contributed by atoms with E-state index in [1.807, 2.05) is 55.5 Å². The van der Waals surface area contributed by atoms with Crippen LogP contribution < -0.4 is 14.8 Å². The predicted octanol–water partition coefficient (Wildman–Crippen LogP) is 5.32. The van der Waals surface area contributed by atoms with Gasteiger partial charge in [-0.1, -0.05) is 52.0 Å². The van der Waals surface area contributed by atoms with Gasteiger partial charge in [0.2, 0.25) is 0 Å². The second-order valence-electron chi connectivity index (χ2n) is 7.48. The highest BCUT2D eigenvalue weighted by molar-refractivity contribution is 5.81. The first-order valence-corrected chi connectivity index (χ1v) is 10.2. The van der Waals surface area contributed by atoms with Gasteiger partial charge in [0, 0.05) is 0 Å². The molecule has 1 N–H and O–H groups in total. The van der Waals surface area contributed by atoms with E-state index in [1.54, 1.807) is 7.11 Å². The van der Waals surface area contributed by atoms with E-state index >= 15 is 0 Å². The first kappa shape index (κ1) is 21.8. The van der Waals surface area contributed by atoms with Crippen molar-refractivity contribution in [3.8, 4) is 11.5 Å². The number of ether oxygens (including phenoxy) is 2. The largest absolute Gasteiger partial charge is 0.497 e. The minimum absolute atomic E-state index is 0.0569. The van der Waals surface area contributed by atoms with Crippen LogP contribution in [0.4, 0.5) is 0 Å². The fourth-order valence-electron chi connectivity index (χ4n) is 3.14. The van der Waals surface area contributed by atoms with Crippen molar-refractivity contribution in [1.29, 1.82) is 0 Å². The summed E-state index contributed by atoms with van der Waals surface area (Å²) in [6.45, 7) is 8.40. The molecule has 0 saturated carbocycles. The molecule has 0 aliphatic rings. The van der Waals surface area contributed by atoms with Crippen LogP contribution in [0.25, 0.3) is 0 Å². The van der Waals surface area contributed by atoms with Crippen molar-refractivity contribution in [2.75, 3.05) is 7.11 Å². The van der Waals surface area contributed by atoms with Gasteiger partial charge in [-0.25, -0.2) is 0 Å².